The first-order chi connectivity index (χ1) is 21.2. The molecule has 5 rings (SSSR count). The van der Waals surface area contributed by atoms with Gasteiger partial charge in [-0.05, 0) is 107 Å². The summed E-state index contributed by atoms with van der Waals surface area (Å²) < 4.78 is 32.0. The van der Waals surface area contributed by atoms with E-state index in [1.165, 1.54) is 12.1 Å². The van der Waals surface area contributed by atoms with Gasteiger partial charge in [0.25, 0.3) is 0 Å². The van der Waals surface area contributed by atoms with Crippen LogP contribution in [0.15, 0.2) is 42.5 Å². The van der Waals surface area contributed by atoms with E-state index in [1.807, 2.05) is 52.8 Å². The van der Waals surface area contributed by atoms with Crippen LogP contribution in [-0.2, 0) is 27.1 Å². The summed E-state index contributed by atoms with van der Waals surface area (Å²) in [5.74, 6) is -0.395. The highest BCUT2D eigenvalue weighted by Crippen LogP contribution is 2.42. The monoisotopic (exact) mass is 615 g/mol. The van der Waals surface area contributed by atoms with Gasteiger partial charge >= 0.3 is 6.09 Å². The van der Waals surface area contributed by atoms with Crippen molar-refractivity contribution < 1.29 is 23.4 Å². The molecule has 1 N–H and O–H groups in total. The Morgan fingerprint density at radius 1 is 1.11 bits per heavy atom. The molecule has 1 amide bonds. The molecule has 0 unspecified atom stereocenters. The van der Waals surface area contributed by atoms with Gasteiger partial charge in [-0.3, -0.25) is 10.3 Å². The van der Waals surface area contributed by atoms with Gasteiger partial charge in [-0.15, -0.1) is 0 Å². The number of anilines is 1. The van der Waals surface area contributed by atoms with Gasteiger partial charge in [0.15, 0.2) is 5.79 Å². The summed E-state index contributed by atoms with van der Waals surface area (Å²) >= 11 is 0. The number of ether oxygens (including phenoxy) is 3. The number of hydrogen-bond acceptors (Lipinski definition) is 6. The molecule has 1 aliphatic heterocycles. The van der Waals surface area contributed by atoms with Gasteiger partial charge in [-0.1, -0.05) is 45.1 Å². The van der Waals surface area contributed by atoms with Crippen molar-refractivity contribution >= 4 is 18.0 Å². The summed E-state index contributed by atoms with van der Waals surface area (Å²) in [6.07, 6.45) is 7.79. The predicted octanol–water partition coefficient (Wildman–Crippen LogP) is 9.24. The van der Waals surface area contributed by atoms with Crippen molar-refractivity contribution in [3.63, 3.8) is 0 Å². The number of nitrogens with zero attached hydrogens (tertiary/aromatic N) is 2. The lowest BCUT2D eigenvalue weighted by Crippen LogP contribution is -2.43. The van der Waals surface area contributed by atoms with Crippen LogP contribution in [0.2, 0.25) is 0 Å². The Labute approximate surface area is 266 Å². The molecule has 7 nitrogen and oxygen atoms in total. The molecule has 1 aliphatic carbocycles. The molecular weight excluding hydrogens is 569 g/mol. The first-order valence-corrected chi connectivity index (χ1v) is 16.1. The van der Waals surface area contributed by atoms with E-state index < -0.39 is 17.5 Å². The second-order valence-electron chi connectivity index (χ2n) is 13.7. The van der Waals surface area contributed by atoms with Crippen LogP contribution in [0.25, 0.3) is 28.5 Å². The minimum Gasteiger partial charge on any atom is -0.444 e. The Kier molecular flexibility index (Phi) is 9.47. The molecule has 45 heavy (non-hydrogen) atoms. The minimum absolute atomic E-state index is 0.109. The fourth-order valence-electron chi connectivity index (χ4n) is 6.22. The van der Waals surface area contributed by atoms with Crippen molar-refractivity contribution in [3.8, 4) is 22.4 Å². The molecule has 0 saturated carbocycles. The molecule has 0 bridgehead atoms. The van der Waals surface area contributed by atoms with Gasteiger partial charge in [-0.2, -0.15) is 0 Å². The van der Waals surface area contributed by atoms with Crippen LogP contribution in [0.3, 0.4) is 0 Å². The Hall–Kier alpha value is -3.62. The second-order valence-corrected chi connectivity index (χ2v) is 13.7. The lowest BCUT2D eigenvalue weighted by atomic mass is 9.86. The number of hydrogen-bond donors (Lipinski definition) is 1. The van der Waals surface area contributed by atoms with Crippen molar-refractivity contribution in [3.05, 3.63) is 70.8 Å². The third-order valence-electron chi connectivity index (χ3n) is 8.06. The highest BCUT2D eigenvalue weighted by Gasteiger charge is 2.34. The van der Waals surface area contributed by atoms with Crippen molar-refractivity contribution in [1.29, 1.82) is 0 Å². The number of fused-ring (bicyclic) bond motifs is 3. The van der Waals surface area contributed by atoms with Gasteiger partial charge < -0.3 is 14.2 Å². The van der Waals surface area contributed by atoms with E-state index >= 15 is 0 Å². The molecule has 240 valence electrons. The van der Waals surface area contributed by atoms with Crippen LogP contribution >= 0.6 is 0 Å². The summed E-state index contributed by atoms with van der Waals surface area (Å²) in [4.78, 5) is 22.6. The Bertz CT molecular complexity index is 1570. The smallest absolute Gasteiger partial charge is 0.413 e. The maximum absolute atomic E-state index is 14.2. The van der Waals surface area contributed by atoms with Crippen molar-refractivity contribution in [1.82, 2.24) is 9.97 Å². The van der Waals surface area contributed by atoms with E-state index in [9.17, 15) is 9.18 Å². The Balaban J connectivity index is 1.63. The normalized spacial score (nSPS) is 19.6. The van der Waals surface area contributed by atoms with Crippen LogP contribution in [0.1, 0.15) is 103 Å². The number of amides is 1. The molecule has 1 saturated heterocycles. The topological polar surface area (TPSA) is 82.6 Å². The highest BCUT2D eigenvalue weighted by atomic mass is 19.1. The number of halogens is 1. The van der Waals surface area contributed by atoms with Gasteiger partial charge in [-0.25, -0.2) is 14.2 Å². The molecule has 2 aliphatic rings. The van der Waals surface area contributed by atoms with Crippen LogP contribution in [0.5, 0.6) is 0 Å². The number of carbonyl (C=O) groups excluding carboxylic acids is 1. The quantitative estimate of drug-likeness (QED) is 0.298. The van der Waals surface area contributed by atoms with Crippen molar-refractivity contribution in [2.24, 2.45) is 0 Å². The number of rotatable bonds is 6. The lowest BCUT2D eigenvalue weighted by Gasteiger charge is -2.39. The third kappa shape index (κ3) is 7.79. The largest absolute Gasteiger partial charge is 0.444 e. The van der Waals surface area contributed by atoms with Gasteiger partial charge in [0, 0.05) is 17.5 Å². The molecule has 2 aromatic heterocycles. The minimum atomic E-state index is -0.672. The molecule has 8 heteroatoms. The average molecular weight is 616 g/mol. The fraction of sp³-hybridized carbons (Fsp3) is 0.486. The zero-order valence-electron chi connectivity index (χ0n) is 27.8. The number of aromatic nitrogens is 2. The number of nitrogens with one attached hydrogen (secondary N) is 1. The van der Waals surface area contributed by atoms with E-state index in [2.05, 4.69) is 38.2 Å². The molecule has 1 aromatic carbocycles. The van der Waals surface area contributed by atoms with E-state index in [1.54, 1.807) is 6.07 Å². The highest BCUT2D eigenvalue weighted by molar-refractivity contribution is 5.87. The van der Waals surface area contributed by atoms with Crippen LogP contribution in [-0.4, -0.2) is 39.7 Å². The van der Waals surface area contributed by atoms with Crippen molar-refractivity contribution in [2.75, 3.05) is 5.32 Å². The first kappa shape index (κ1) is 32.8. The predicted molar refractivity (Wildman–Crippen MR) is 177 cm³/mol. The maximum atomic E-state index is 14.2. The summed E-state index contributed by atoms with van der Waals surface area (Å²) in [5, 5.41) is 2.78. The molecule has 3 aromatic rings. The summed E-state index contributed by atoms with van der Waals surface area (Å²) in [6, 6.07) is 10.5. The lowest BCUT2D eigenvalue weighted by molar-refractivity contribution is -0.290. The second kappa shape index (κ2) is 13.0. The molecule has 3 heterocycles. The number of pyridine rings is 2. The standard InChI is InChI=1S/C37H46FN3O4/c1-9-25-21-26(44-37(7,8)43-25)17-18-29-32(23-13-15-24(38)16-14-23)28-11-10-12-30-27(34(28)41-33(29)22(2)3)19-20-31(39-30)40-35(42)45-36(4,5)6/h13-20,22,25-26H,9-12,21H2,1-8H3,(H,39,40,42)/b18-17+/t25-,26+/m0/s1. The number of benzene rings is 1. The average Bonchev–Trinajstić information content (AvgIpc) is 3.12. The van der Waals surface area contributed by atoms with Crippen LogP contribution in [0, 0.1) is 5.82 Å². The maximum Gasteiger partial charge on any atom is 0.413 e. The Morgan fingerprint density at radius 2 is 1.84 bits per heavy atom. The zero-order chi connectivity index (χ0) is 32.5. The van der Waals surface area contributed by atoms with E-state index in [-0.39, 0.29) is 23.9 Å². The van der Waals surface area contributed by atoms with Crippen molar-refractivity contribution in [2.45, 2.75) is 117 Å². The molecular formula is C37H46FN3O4. The zero-order valence-corrected chi connectivity index (χ0v) is 27.8. The van der Waals surface area contributed by atoms with E-state index in [0.29, 0.717) is 5.82 Å². The molecule has 0 spiro atoms. The number of carbonyl (C=O) groups is 1. The Morgan fingerprint density at radius 3 is 2.51 bits per heavy atom. The van der Waals surface area contributed by atoms with E-state index in [0.717, 1.165) is 77.0 Å². The summed E-state index contributed by atoms with van der Waals surface area (Å²) in [5.41, 5.74) is 7.17. The molecule has 2 atom stereocenters. The third-order valence-corrected chi connectivity index (χ3v) is 8.06. The number of aryl methyl sites for hydroxylation is 1. The van der Waals surface area contributed by atoms with Gasteiger partial charge in [0.05, 0.1) is 29.3 Å². The van der Waals surface area contributed by atoms with E-state index in [4.69, 9.17) is 24.2 Å². The molecule has 0 radical (unpaired) electrons. The fourth-order valence-corrected chi connectivity index (χ4v) is 6.22. The van der Waals surface area contributed by atoms with Gasteiger partial charge in [0.1, 0.15) is 17.2 Å². The molecule has 1 fully saturated rings. The first-order valence-electron chi connectivity index (χ1n) is 16.1. The van der Waals surface area contributed by atoms with Crippen LogP contribution < -0.4 is 5.32 Å². The van der Waals surface area contributed by atoms with Gasteiger partial charge in [0.2, 0.25) is 0 Å². The summed E-state index contributed by atoms with van der Waals surface area (Å²) in [6.45, 7) is 15.8. The SMILES string of the molecule is CC[C@H]1C[C@@H](/C=C/c2c(C(C)C)nc3c(c2-c2ccc(F)cc2)CCCc2nc(NC(=O)OC(C)(C)C)ccc2-3)OC(C)(C)O1. The summed E-state index contributed by atoms with van der Waals surface area (Å²) in [7, 11) is 0. The van der Waals surface area contributed by atoms with Crippen LogP contribution in [0.4, 0.5) is 15.0 Å².